The summed E-state index contributed by atoms with van der Waals surface area (Å²) >= 11 is 1.81. The Balaban J connectivity index is 2.26. The van der Waals surface area contributed by atoms with Crippen LogP contribution in [0.5, 0.6) is 0 Å². The molecule has 1 aromatic rings. The van der Waals surface area contributed by atoms with Crippen molar-refractivity contribution in [2.45, 2.75) is 37.6 Å². The van der Waals surface area contributed by atoms with Crippen LogP contribution in [0.3, 0.4) is 0 Å². The third-order valence-electron chi connectivity index (χ3n) is 3.01. The normalized spacial score (nSPS) is 19.9. The van der Waals surface area contributed by atoms with Crippen LogP contribution in [0.25, 0.3) is 0 Å². The first-order valence-electron chi connectivity index (χ1n) is 5.14. The van der Waals surface area contributed by atoms with Crippen LogP contribution >= 0.6 is 11.3 Å². The van der Waals surface area contributed by atoms with Crippen molar-refractivity contribution in [2.75, 3.05) is 0 Å². The molecule has 0 amide bonds. The summed E-state index contributed by atoms with van der Waals surface area (Å²) in [4.78, 5) is 1.40. The standard InChI is InChI=1S/C12H15NS/c1-2-13-12(8-4-3-5-9-12)11-7-6-10-14-11/h1,6-7,10,13H,3-5,8-9H2. The Bertz CT molecular complexity index is 315. The molecule has 1 saturated carbocycles. The van der Waals surface area contributed by atoms with Gasteiger partial charge in [-0.05, 0) is 24.3 Å². The molecule has 14 heavy (non-hydrogen) atoms. The zero-order valence-corrected chi connectivity index (χ0v) is 9.07. The van der Waals surface area contributed by atoms with E-state index in [4.69, 9.17) is 6.42 Å². The molecule has 0 unspecified atom stereocenters. The van der Waals surface area contributed by atoms with Crippen LogP contribution in [0.1, 0.15) is 37.0 Å². The number of terminal acetylenes is 1. The van der Waals surface area contributed by atoms with Gasteiger partial charge in [-0.1, -0.05) is 31.8 Å². The highest BCUT2D eigenvalue weighted by atomic mass is 32.1. The molecular formula is C12H15NS. The van der Waals surface area contributed by atoms with E-state index in [-0.39, 0.29) is 5.54 Å². The average Bonchev–Trinajstić information content (AvgIpc) is 2.73. The third-order valence-corrected chi connectivity index (χ3v) is 4.09. The van der Waals surface area contributed by atoms with Gasteiger partial charge in [-0.15, -0.1) is 11.3 Å². The Morgan fingerprint density at radius 3 is 2.71 bits per heavy atom. The Hall–Kier alpha value is -0.940. The van der Waals surface area contributed by atoms with Crippen molar-refractivity contribution in [1.82, 2.24) is 5.32 Å². The van der Waals surface area contributed by atoms with E-state index in [2.05, 4.69) is 28.9 Å². The minimum absolute atomic E-state index is 0.0845. The van der Waals surface area contributed by atoms with Gasteiger partial charge >= 0.3 is 0 Å². The largest absolute Gasteiger partial charge is 0.335 e. The van der Waals surface area contributed by atoms with Gasteiger partial charge in [-0.3, -0.25) is 0 Å². The first-order chi connectivity index (χ1) is 6.87. The second-order valence-electron chi connectivity index (χ2n) is 3.89. The fourth-order valence-electron chi connectivity index (χ4n) is 2.28. The molecule has 1 aliphatic carbocycles. The molecule has 0 spiro atoms. The molecule has 0 aromatic carbocycles. The molecule has 1 aliphatic rings. The van der Waals surface area contributed by atoms with Crippen molar-refractivity contribution in [3.05, 3.63) is 22.4 Å². The van der Waals surface area contributed by atoms with Gasteiger partial charge < -0.3 is 5.32 Å². The van der Waals surface area contributed by atoms with E-state index < -0.39 is 0 Å². The molecule has 1 fully saturated rings. The van der Waals surface area contributed by atoms with Crippen molar-refractivity contribution < 1.29 is 0 Å². The molecule has 1 nitrogen and oxygen atoms in total. The lowest BCUT2D eigenvalue weighted by Crippen LogP contribution is -2.40. The van der Waals surface area contributed by atoms with Crippen LogP contribution < -0.4 is 5.32 Å². The van der Waals surface area contributed by atoms with Crippen molar-refractivity contribution in [3.63, 3.8) is 0 Å². The van der Waals surface area contributed by atoms with Gasteiger partial charge in [-0.25, -0.2) is 0 Å². The SMILES string of the molecule is C#CNC1(c2cccs2)CCCCC1. The molecular weight excluding hydrogens is 190 g/mol. The topological polar surface area (TPSA) is 12.0 Å². The summed E-state index contributed by atoms with van der Waals surface area (Å²) < 4.78 is 0. The second kappa shape index (κ2) is 4.06. The maximum Gasteiger partial charge on any atom is 0.0792 e. The van der Waals surface area contributed by atoms with Gasteiger partial charge in [0.1, 0.15) is 0 Å². The molecule has 0 atom stereocenters. The summed E-state index contributed by atoms with van der Waals surface area (Å²) in [5.41, 5.74) is 0.0845. The van der Waals surface area contributed by atoms with Gasteiger partial charge in [-0.2, -0.15) is 0 Å². The van der Waals surface area contributed by atoms with E-state index in [9.17, 15) is 0 Å². The van der Waals surface area contributed by atoms with Gasteiger partial charge in [0.2, 0.25) is 0 Å². The van der Waals surface area contributed by atoms with Crippen LogP contribution in [-0.2, 0) is 5.54 Å². The highest BCUT2D eigenvalue weighted by Gasteiger charge is 2.33. The van der Waals surface area contributed by atoms with Gasteiger partial charge in [0.25, 0.3) is 0 Å². The van der Waals surface area contributed by atoms with Crippen LogP contribution in [-0.4, -0.2) is 0 Å². The minimum Gasteiger partial charge on any atom is -0.335 e. The number of hydrogen-bond donors (Lipinski definition) is 1. The fourth-order valence-corrected chi connectivity index (χ4v) is 3.22. The maximum atomic E-state index is 5.39. The van der Waals surface area contributed by atoms with Crippen molar-refractivity contribution in [3.8, 4) is 12.5 Å². The molecule has 0 aliphatic heterocycles. The van der Waals surface area contributed by atoms with E-state index in [1.54, 1.807) is 0 Å². The molecule has 0 saturated heterocycles. The maximum absolute atomic E-state index is 5.39. The first-order valence-corrected chi connectivity index (χ1v) is 6.02. The number of hydrogen-bond acceptors (Lipinski definition) is 2. The quantitative estimate of drug-likeness (QED) is 0.578. The molecule has 1 N–H and O–H groups in total. The number of nitrogens with one attached hydrogen (secondary N) is 1. The van der Waals surface area contributed by atoms with Crippen LogP contribution in [0.2, 0.25) is 0 Å². The fraction of sp³-hybridized carbons (Fsp3) is 0.500. The summed E-state index contributed by atoms with van der Waals surface area (Å²) in [7, 11) is 0. The van der Waals surface area contributed by atoms with Crippen LogP contribution in [0.15, 0.2) is 17.5 Å². The minimum atomic E-state index is 0.0845. The third kappa shape index (κ3) is 1.65. The van der Waals surface area contributed by atoms with E-state index in [1.807, 2.05) is 11.3 Å². The lowest BCUT2D eigenvalue weighted by Gasteiger charge is -2.36. The molecule has 0 radical (unpaired) electrons. The second-order valence-corrected chi connectivity index (χ2v) is 4.84. The highest BCUT2D eigenvalue weighted by molar-refractivity contribution is 7.10. The molecule has 0 bridgehead atoms. The number of rotatable bonds is 2. The lowest BCUT2D eigenvalue weighted by molar-refractivity contribution is 0.270. The zero-order valence-electron chi connectivity index (χ0n) is 8.25. The molecule has 74 valence electrons. The van der Waals surface area contributed by atoms with Gasteiger partial charge in [0, 0.05) is 10.9 Å². The van der Waals surface area contributed by atoms with E-state index in [1.165, 1.54) is 37.0 Å². The Kier molecular flexibility index (Phi) is 2.79. The van der Waals surface area contributed by atoms with Gasteiger partial charge in [0.05, 0.1) is 5.54 Å². The average molecular weight is 205 g/mol. The summed E-state index contributed by atoms with van der Waals surface area (Å²) in [5, 5.41) is 5.37. The molecule has 2 heteroatoms. The van der Waals surface area contributed by atoms with E-state index in [0.717, 1.165) is 0 Å². The van der Waals surface area contributed by atoms with Crippen LogP contribution in [0, 0.1) is 12.5 Å². The highest BCUT2D eigenvalue weighted by Crippen LogP contribution is 2.38. The Morgan fingerprint density at radius 2 is 2.14 bits per heavy atom. The van der Waals surface area contributed by atoms with Crippen molar-refractivity contribution >= 4 is 11.3 Å². The van der Waals surface area contributed by atoms with E-state index >= 15 is 0 Å². The molecule has 2 rings (SSSR count). The Morgan fingerprint density at radius 1 is 1.36 bits per heavy atom. The summed E-state index contributed by atoms with van der Waals surface area (Å²) in [6, 6.07) is 6.92. The molecule has 1 aromatic heterocycles. The summed E-state index contributed by atoms with van der Waals surface area (Å²) in [6.07, 6.45) is 11.7. The zero-order chi connectivity index (χ0) is 9.86. The number of thiophene rings is 1. The lowest BCUT2D eigenvalue weighted by atomic mass is 9.80. The predicted molar refractivity (Wildman–Crippen MR) is 61.1 cm³/mol. The molecule has 1 heterocycles. The monoisotopic (exact) mass is 205 g/mol. The first kappa shape index (κ1) is 9.61. The predicted octanol–water partition coefficient (Wildman–Crippen LogP) is 3.09. The summed E-state index contributed by atoms with van der Waals surface area (Å²) in [5.74, 6) is 0. The van der Waals surface area contributed by atoms with Crippen LogP contribution in [0.4, 0.5) is 0 Å². The summed E-state index contributed by atoms with van der Waals surface area (Å²) in [6.45, 7) is 0. The van der Waals surface area contributed by atoms with E-state index in [0.29, 0.717) is 0 Å². The van der Waals surface area contributed by atoms with Gasteiger partial charge in [0.15, 0.2) is 0 Å². The smallest absolute Gasteiger partial charge is 0.0792 e. The Labute approximate surface area is 89.5 Å². The van der Waals surface area contributed by atoms with Crippen molar-refractivity contribution in [2.24, 2.45) is 0 Å². The van der Waals surface area contributed by atoms with Crippen molar-refractivity contribution in [1.29, 1.82) is 0 Å².